The highest BCUT2D eigenvalue weighted by Gasteiger charge is 2.28. The van der Waals surface area contributed by atoms with Crippen LogP contribution < -0.4 is 10.1 Å². The first kappa shape index (κ1) is 21.7. The lowest BCUT2D eigenvalue weighted by Crippen LogP contribution is -2.27. The molecular formula is C23H25ClN6O3. The summed E-state index contributed by atoms with van der Waals surface area (Å²) < 4.78 is 9.01. The third-order valence-corrected chi connectivity index (χ3v) is 6.41. The maximum absolute atomic E-state index is 13.2. The third kappa shape index (κ3) is 4.14. The number of nitrogens with zero attached hydrogens (tertiary/aromatic N) is 5. The fraction of sp³-hybridized carbons (Fsp3) is 0.391. The van der Waals surface area contributed by atoms with Crippen molar-refractivity contribution in [2.75, 3.05) is 12.4 Å². The molecule has 1 aromatic carbocycles. The Balaban J connectivity index is 1.56. The van der Waals surface area contributed by atoms with Gasteiger partial charge in [-0.25, -0.2) is 9.67 Å². The quantitative estimate of drug-likeness (QED) is 0.582. The van der Waals surface area contributed by atoms with E-state index in [2.05, 4.69) is 15.4 Å². The molecule has 3 aromatic rings. The molecule has 1 fully saturated rings. The molecule has 5 rings (SSSR count). The van der Waals surface area contributed by atoms with Gasteiger partial charge in [-0.15, -0.1) is 0 Å². The van der Waals surface area contributed by atoms with E-state index in [1.807, 2.05) is 0 Å². The SMILES string of the molecule is COc1ccc(Cl)cc1-c1nn([C@H]2CCCC[C@@H]2O)cc1NC(=O)c1cnn2c1N=CCC2. The number of ether oxygens (including phenoxy) is 1. The summed E-state index contributed by atoms with van der Waals surface area (Å²) in [5.41, 5.74) is 2.06. The molecule has 33 heavy (non-hydrogen) atoms. The van der Waals surface area contributed by atoms with Crippen molar-refractivity contribution in [1.29, 1.82) is 0 Å². The Kier molecular flexibility index (Phi) is 5.90. The first-order valence-corrected chi connectivity index (χ1v) is 11.4. The third-order valence-electron chi connectivity index (χ3n) is 6.17. The van der Waals surface area contributed by atoms with Crippen molar-refractivity contribution in [2.24, 2.45) is 4.99 Å². The minimum Gasteiger partial charge on any atom is -0.496 e. The van der Waals surface area contributed by atoms with Gasteiger partial charge in [0.15, 0.2) is 5.82 Å². The molecule has 2 atom stereocenters. The molecule has 1 amide bonds. The van der Waals surface area contributed by atoms with Gasteiger partial charge in [-0.3, -0.25) is 9.48 Å². The summed E-state index contributed by atoms with van der Waals surface area (Å²) in [5, 5.41) is 23.1. The average molecular weight is 469 g/mol. The second-order valence-corrected chi connectivity index (χ2v) is 8.73. The van der Waals surface area contributed by atoms with Gasteiger partial charge in [0.25, 0.3) is 5.91 Å². The normalized spacial score (nSPS) is 19.8. The summed E-state index contributed by atoms with van der Waals surface area (Å²) in [6.07, 6.45) is 8.92. The summed E-state index contributed by atoms with van der Waals surface area (Å²) in [7, 11) is 1.57. The van der Waals surface area contributed by atoms with Gasteiger partial charge in [0, 0.05) is 36.0 Å². The number of aliphatic hydroxyl groups excluding tert-OH is 1. The van der Waals surface area contributed by atoms with E-state index < -0.39 is 6.10 Å². The van der Waals surface area contributed by atoms with Gasteiger partial charge in [-0.1, -0.05) is 24.4 Å². The zero-order chi connectivity index (χ0) is 22.9. The number of fused-ring (bicyclic) bond motifs is 1. The molecule has 2 aromatic heterocycles. The van der Waals surface area contributed by atoms with Crippen molar-refractivity contribution in [3.8, 4) is 17.0 Å². The fourth-order valence-electron chi connectivity index (χ4n) is 4.48. The van der Waals surface area contributed by atoms with Crippen molar-refractivity contribution >= 4 is 35.2 Å². The number of aliphatic hydroxyl groups is 1. The van der Waals surface area contributed by atoms with Crippen LogP contribution in [-0.2, 0) is 6.54 Å². The lowest BCUT2D eigenvalue weighted by molar-refractivity contribution is 0.0696. The predicted molar refractivity (Wildman–Crippen MR) is 126 cm³/mol. The number of methoxy groups -OCH3 is 1. The Morgan fingerprint density at radius 2 is 2.15 bits per heavy atom. The Morgan fingerprint density at radius 3 is 2.97 bits per heavy atom. The molecule has 172 valence electrons. The van der Waals surface area contributed by atoms with Crippen molar-refractivity contribution in [1.82, 2.24) is 19.6 Å². The van der Waals surface area contributed by atoms with E-state index in [1.165, 1.54) is 6.20 Å². The van der Waals surface area contributed by atoms with Crippen molar-refractivity contribution in [3.05, 3.63) is 41.2 Å². The highest BCUT2D eigenvalue weighted by Crippen LogP contribution is 2.38. The summed E-state index contributed by atoms with van der Waals surface area (Å²) in [6.45, 7) is 0.689. The van der Waals surface area contributed by atoms with Gasteiger partial charge in [0.1, 0.15) is 17.0 Å². The van der Waals surface area contributed by atoms with Crippen molar-refractivity contribution < 1.29 is 14.6 Å². The van der Waals surface area contributed by atoms with Gasteiger partial charge >= 0.3 is 0 Å². The van der Waals surface area contributed by atoms with Crippen LogP contribution in [0.4, 0.5) is 11.5 Å². The number of amides is 1. The molecule has 0 spiro atoms. The number of aromatic nitrogens is 4. The van der Waals surface area contributed by atoms with E-state index in [0.717, 1.165) is 32.1 Å². The van der Waals surface area contributed by atoms with E-state index in [1.54, 1.807) is 47.1 Å². The van der Waals surface area contributed by atoms with Gasteiger partial charge < -0.3 is 15.2 Å². The highest BCUT2D eigenvalue weighted by molar-refractivity contribution is 6.31. The van der Waals surface area contributed by atoms with E-state index in [-0.39, 0.29) is 11.9 Å². The van der Waals surface area contributed by atoms with Crippen LogP contribution in [-0.4, -0.2) is 50.0 Å². The topological polar surface area (TPSA) is 107 Å². The lowest BCUT2D eigenvalue weighted by atomic mass is 9.93. The first-order valence-electron chi connectivity index (χ1n) is 11.1. The first-order chi connectivity index (χ1) is 16.0. The number of aryl methyl sites for hydroxylation is 1. The summed E-state index contributed by atoms with van der Waals surface area (Å²) in [6, 6.07) is 5.09. The molecule has 1 aliphatic carbocycles. The Bertz CT molecular complexity index is 1220. The summed E-state index contributed by atoms with van der Waals surface area (Å²) >= 11 is 6.28. The zero-order valence-corrected chi connectivity index (χ0v) is 19.0. The minimum atomic E-state index is -0.492. The van der Waals surface area contributed by atoms with E-state index in [0.29, 0.717) is 45.6 Å². The van der Waals surface area contributed by atoms with E-state index in [4.69, 9.17) is 21.4 Å². The standard InChI is InChI=1S/C23H25ClN6O3/c1-33-20-8-7-14(24)11-15(20)21-17(13-30(28-21)18-5-2-3-6-19(18)31)27-23(32)16-12-26-29-10-4-9-25-22(16)29/h7-9,11-13,18-19,31H,2-6,10H2,1H3,(H,27,32)/t18-,19-/m0/s1. The maximum atomic E-state index is 13.2. The van der Waals surface area contributed by atoms with Crippen LogP contribution in [0, 0.1) is 0 Å². The molecule has 1 aliphatic heterocycles. The zero-order valence-electron chi connectivity index (χ0n) is 18.2. The predicted octanol–water partition coefficient (Wildman–Crippen LogP) is 4.24. The van der Waals surface area contributed by atoms with Crippen LogP contribution in [0.5, 0.6) is 5.75 Å². The van der Waals surface area contributed by atoms with Crippen LogP contribution in [0.3, 0.4) is 0 Å². The van der Waals surface area contributed by atoms with Crippen LogP contribution in [0.2, 0.25) is 5.02 Å². The molecule has 1 saturated carbocycles. The number of rotatable bonds is 5. The molecule has 9 nitrogen and oxygen atoms in total. The van der Waals surface area contributed by atoms with Crippen LogP contribution >= 0.6 is 11.6 Å². The average Bonchev–Trinajstić information content (AvgIpc) is 3.44. The fourth-order valence-corrected chi connectivity index (χ4v) is 4.65. The Morgan fingerprint density at radius 1 is 1.30 bits per heavy atom. The lowest BCUT2D eigenvalue weighted by Gasteiger charge is -2.27. The smallest absolute Gasteiger partial charge is 0.261 e. The minimum absolute atomic E-state index is 0.165. The number of nitrogens with one attached hydrogen (secondary N) is 1. The Hall–Kier alpha value is -3.17. The van der Waals surface area contributed by atoms with Gasteiger partial charge in [-0.05, 0) is 31.0 Å². The maximum Gasteiger partial charge on any atom is 0.261 e. The number of hydrogen-bond donors (Lipinski definition) is 2. The molecule has 2 aliphatic rings. The molecule has 0 unspecified atom stereocenters. The van der Waals surface area contributed by atoms with Crippen LogP contribution in [0.15, 0.2) is 35.6 Å². The van der Waals surface area contributed by atoms with Crippen molar-refractivity contribution in [2.45, 2.75) is 50.8 Å². The van der Waals surface area contributed by atoms with E-state index in [9.17, 15) is 9.90 Å². The number of halogens is 1. The number of carbonyl (C=O) groups excluding carboxylic acids is 1. The largest absolute Gasteiger partial charge is 0.496 e. The van der Waals surface area contributed by atoms with E-state index >= 15 is 0 Å². The van der Waals surface area contributed by atoms with Crippen molar-refractivity contribution in [3.63, 3.8) is 0 Å². The molecule has 0 bridgehead atoms. The number of anilines is 1. The number of benzene rings is 1. The molecule has 3 heterocycles. The molecule has 0 saturated heterocycles. The number of hydrogen-bond acceptors (Lipinski definition) is 6. The van der Waals surface area contributed by atoms with Gasteiger partial charge in [0.05, 0.1) is 31.1 Å². The Labute approximate surface area is 196 Å². The number of carbonyl (C=O) groups is 1. The van der Waals surface area contributed by atoms with Crippen LogP contribution in [0.25, 0.3) is 11.3 Å². The molecule has 0 radical (unpaired) electrons. The van der Waals surface area contributed by atoms with Gasteiger partial charge in [0.2, 0.25) is 0 Å². The van der Waals surface area contributed by atoms with Gasteiger partial charge in [-0.2, -0.15) is 10.2 Å². The monoisotopic (exact) mass is 468 g/mol. The van der Waals surface area contributed by atoms with Crippen LogP contribution in [0.1, 0.15) is 48.5 Å². The highest BCUT2D eigenvalue weighted by atomic mass is 35.5. The summed E-state index contributed by atoms with van der Waals surface area (Å²) in [4.78, 5) is 17.6. The molecular weight excluding hydrogens is 444 g/mol. The number of aliphatic imine (C=N–C) groups is 1. The second-order valence-electron chi connectivity index (χ2n) is 8.29. The molecule has 2 N–H and O–H groups in total. The summed E-state index contributed by atoms with van der Waals surface area (Å²) in [5.74, 6) is 0.786. The second kappa shape index (κ2) is 8.99. The molecule has 10 heteroatoms.